The largest absolute Gasteiger partial charge is 0.351 e. The molecule has 0 saturated carbocycles. The fourth-order valence-corrected chi connectivity index (χ4v) is 2.23. The molecule has 1 amide bonds. The Bertz CT molecular complexity index is 745. The Balaban J connectivity index is 1.83. The van der Waals surface area contributed by atoms with Crippen LogP contribution in [0.5, 0.6) is 0 Å². The number of hydrogen-bond acceptors (Lipinski definition) is 2. The van der Waals surface area contributed by atoms with Gasteiger partial charge in [0.1, 0.15) is 11.7 Å². The molecule has 1 atom stereocenters. The lowest BCUT2D eigenvalue weighted by Gasteiger charge is -2.11. The van der Waals surface area contributed by atoms with E-state index in [1.54, 1.807) is 18.2 Å². The third-order valence-corrected chi connectivity index (χ3v) is 3.30. The van der Waals surface area contributed by atoms with E-state index < -0.39 is 6.04 Å². The first-order chi connectivity index (χ1) is 10.3. The predicted molar refractivity (Wildman–Crippen MR) is 80.6 cm³/mol. The molecule has 3 rings (SSSR count). The van der Waals surface area contributed by atoms with E-state index in [0.29, 0.717) is 11.3 Å². The Morgan fingerprint density at radius 1 is 1.05 bits per heavy atom. The van der Waals surface area contributed by atoms with E-state index in [2.05, 4.69) is 10.3 Å². The van der Waals surface area contributed by atoms with E-state index in [9.17, 15) is 9.59 Å². The first-order valence-electron chi connectivity index (χ1n) is 6.59. The van der Waals surface area contributed by atoms with Crippen molar-refractivity contribution in [3.05, 3.63) is 71.9 Å². The summed E-state index contributed by atoms with van der Waals surface area (Å²) in [6, 6.07) is 17.6. The van der Waals surface area contributed by atoms with E-state index >= 15 is 0 Å². The van der Waals surface area contributed by atoms with Crippen LogP contribution in [0.25, 0.3) is 10.9 Å². The fraction of sp³-hybridized carbons (Fsp3) is 0.0588. The maximum atomic E-state index is 12.2. The van der Waals surface area contributed by atoms with Crippen molar-refractivity contribution in [3.63, 3.8) is 0 Å². The van der Waals surface area contributed by atoms with Gasteiger partial charge in [0, 0.05) is 10.9 Å². The van der Waals surface area contributed by atoms with E-state index in [-0.39, 0.29) is 5.91 Å². The molecule has 1 aromatic heterocycles. The van der Waals surface area contributed by atoms with Crippen LogP contribution >= 0.6 is 0 Å². The van der Waals surface area contributed by atoms with E-state index in [0.717, 1.165) is 10.9 Å². The Morgan fingerprint density at radius 2 is 1.76 bits per heavy atom. The molecule has 4 nitrogen and oxygen atoms in total. The van der Waals surface area contributed by atoms with Gasteiger partial charge in [-0.2, -0.15) is 0 Å². The lowest BCUT2D eigenvalue weighted by Crippen LogP contribution is -2.29. The van der Waals surface area contributed by atoms with E-state index in [1.807, 2.05) is 48.8 Å². The molecule has 3 aromatic rings. The van der Waals surface area contributed by atoms with Gasteiger partial charge in [0.2, 0.25) is 6.29 Å². The lowest BCUT2D eigenvalue weighted by molar-refractivity contribution is 0.0942. The van der Waals surface area contributed by atoms with E-state index in [1.165, 1.54) is 0 Å². The SMILES string of the molecule is O=[C]C(NC(=O)c1cc2ccccc2[nH]1)c1ccccc1. The number of rotatable bonds is 4. The average molecular weight is 277 g/mol. The van der Waals surface area contributed by atoms with Gasteiger partial charge in [0.25, 0.3) is 5.91 Å². The van der Waals surface area contributed by atoms with Crippen LogP contribution in [0.3, 0.4) is 0 Å². The summed E-state index contributed by atoms with van der Waals surface area (Å²) in [5.74, 6) is -0.330. The maximum Gasteiger partial charge on any atom is 0.268 e. The zero-order valence-electron chi connectivity index (χ0n) is 11.2. The summed E-state index contributed by atoms with van der Waals surface area (Å²) >= 11 is 0. The standard InChI is InChI=1S/C17H13N2O2/c20-11-16(12-6-2-1-3-7-12)19-17(21)15-10-13-8-4-5-9-14(13)18-15/h1-10,16,18H,(H,19,21). The summed E-state index contributed by atoms with van der Waals surface area (Å²) in [5, 5.41) is 3.62. The van der Waals surface area contributed by atoms with Crippen LogP contribution in [0, 0.1) is 0 Å². The number of aromatic nitrogens is 1. The molecule has 103 valence electrons. The minimum atomic E-state index is -0.773. The van der Waals surface area contributed by atoms with Crippen LogP contribution in [-0.2, 0) is 4.79 Å². The molecule has 0 aliphatic heterocycles. The van der Waals surface area contributed by atoms with Gasteiger partial charge in [0.15, 0.2) is 0 Å². The highest BCUT2D eigenvalue weighted by Gasteiger charge is 2.16. The molecule has 1 unspecified atom stereocenters. The highest BCUT2D eigenvalue weighted by atomic mass is 16.2. The summed E-state index contributed by atoms with van der Waals surface area (Å²) in [6.07, 6.45) is 1.86. The molecule has 0 spiro atoms. The van der Waals surface area contributed by atoms with Crippen LogP contribution in [0.15, 0.2) is 60.7 Å². The van der Waals surface area contributed by atoms with Gasteiger partial charge in [-0.25, -0.2) is 0 Å². The van der Waals surface area contributed by atoms with Crippen LogP contribution in [0.1, 0.15) is 22.1 Å². The number of benzene rings is 2. The quantitative estimate of drug-likeness (QED) is 0.770. The minimum Gasteiger partial charge on any atom is -0.351 e. The number of fused-ring (bicyclic) bond motifs is 1. The molecule has 0 bridgehead atoms. The fourth-order valence-electron chi connectivity index (χ4n) is 2.23. The van der Waals surface area contributed by atoms with Crippen molar-refractivity contribution in [1.82, 2.24) is 10.3 Å². The van der Waals surface area contributed by atoms with Gasteiger partial charge in [-0.1, -0.05) is 48.5 Å². The molecule has 0 aliphatic rings. The molecule has 21 heavy (non-hydrogen) atoms. The molecule has 1 heterocycles. The van der Waals surface area contributed by atoms with Crippen LogP contribution in [-0.4, -0.2) is 17.2 Å². The first kappa shape index (κ1) is 13.1. The molecular weight excluding hydrogens is 264 g/mol. The topological polar surface area (TPSA) is 62.0 Å². The van der Waals surface area contributed by atoms with Crippen molar-refractivity contribution < 1.29 is 9.59 Å². The van der Waals surface area contributed by atoms with Gasteiger partial charge < -0.3 is 10.3 Å². The molecule has 4 heteroatoms. The number of para-hydroxylation sites is 1. The van der Waals surface area contributed by atoms with Crippen molar-refractivity contribution >= 4 is 23.1 Å². The monoisotopic (exact) mass is 277 g/mol. The molecule has 1 radical (unpaired) electrons. The third-order valence-electron chi connectivity index (χ3n) is 3.30. The zero-order valence-corrected chi connectivity index (χ0v) is 11.2. The van der Waals surface area contributed by atoms with Crippen molar-refractivity contribution in [3.8, 4) is 0 Å². The zero-order chi connectivity index (χ0) is 14.7. The Hall–Kier alpha value is -2.88. The highest BCUT2D eigenvalue weighted by molar-refractivity contribution is 5.99. The Kier molecular flexibility index (Phi) is 3.51. The van der Waals surface area contributed by atoms with Crippen molar-refractivity contribution in [2.45, 2.75) is 6.04 Å². The summed E-state index contributed by atoms with van der Waals surface area (Å²) in [4.78, 5) is 26.4. The number of carbonyl (C=O) groups is 1. The summed E-state index contributed by atoms with van der Waals surface area (Å²) in [7, 11) is 0. The third kappa shape index (κ3) is 2.69. The van der Waals surface area contributed by atoms with Gasteiger partial charge in [-0.05, 0) is 17.7 Å². The Morgan fingerprint density at radius 3 is 2.48 bits per heavy atom. The van der Waals surface area contributed by atoms with Gasteiger partial charge >= 0.3 is 0 Å². The number of amides is 1. The number of hydrogen-bond donors (Lipinski definition) is 2. The van der Waals surface area contributed by atoms with Crippen LogP contribution in [0.4, 0.5) is 0 Å². The minimum absolute atomic E-state index is 0.330. The molecule has 0 aliphatic carbocycles. The highest BCUT2D eigenvalue weighted by Crippen LogP contribution is 2.16. The molecule has 2 aromatic carbocycles. The first-order valence-corrected chi connectivity index (χ1v) is 6.59. The average Bonchev–Trinajstić information content (AvgIpc) is 2.97. The Labute approximate surface area is 121 Å². The summed E-state index contributed by atoms with van der Waals surface area (Å²) in [6.45, 7) is 0. The lowest BCUT2D eigenvalue weighted by atomic mass is 10.1. The number of aromatic amines is 1. The van der Waals surface area contributed by atoms with Crippen LogP contribution < -0.4 is 5.32 Å². The second-order valence-electron chi connectivity index (χ2n) is 4.71. The normalized spacial score (nSPS) is 12.0. The summed E-state index contributed by atoms with van der Waals surface area (Å²) in [5.41, 5.74) is 2.01. The number of H-pyrrole nitrogens is 1. The molecular formula is C17H13N2O2. The van der Waals surface area contributed by atoms with E-state index in [4.69, 9.17) is 0 Å². The molecule has 0 fully saturated rings. The second-order valence-corrected chi connectivity index (χ2v) is 4.71. The van der Waals surface area contributed by atoms with Gasteiger partial charge in [0.05, 0.1) is 0 Å². The van der Waals surface area contributed by atoms with Gasteiger partial charge in [-0.3, -0.25) is 9.59 Å². The second kappa shape index (κ2) is 5.63. The molecule has 2 N–H and O–H groups in total. The van der Waals surface area contributed by atoms with Gasteiger partial charge in [-0.15, -0.1) is 0 Å². The predicted octanol–water partition coefficient (Wildman–Crippen LogP) is 2.75. The number of nitrogens with one attached hydrogen (secondary N) is 2. The summed E-state index contributed by atoms with van der Waals surface area (Å²) < 4.78 is 0. The smallest absolute Gasteiger partial charge is 0.268 e. The number of carbonyl (C=O) groups excluding carboxylic acids is 2. The van der Waals surface area contributed by atoms with Crippen molar-refractivity contribution in [1.29, 1.82) is 0 Å². The molecule has 0 saturated heterocycles. The van der Waals surface area contributed by atoms with Crippen molar-refractivity contribution in [2.75, 3.05) is 0 Å². The van der Waals surface area contributed by atoms with Crippen LogP contribution in [0.2, 0.25) is 0 Å². The maximum absolute atomic E-state index is 12.2. The van der Waals surface area contributed by atoms with Crippen molar-refractivity contribution in [2.24, 2.45) is 0 Å².